The molecule has 1 unspecified atom stereocenters. The molecule has 0 amide bonds. The summed E-state index contributed by atoms with van der Waals surface area (Å²) in [6.07, 6.45) is 15.4. The number of hydrogen-bond donors (Lipinski definition) is 1. The highest BCUT2D eigenvalue weighted by Crippen LogP contribution is 2.10. The van der Waals surface area contributed by atoms with Crippen LogP contribution in [0.4, 0.5) is 0 Å². The van der Waals surface area contributed by atoms with E-state index >= 15 is 0 Å². The van der Waals surface area contributed by atoms with Gasteiger partial charge >= 0.3 is 0 Å². The predicted molar refractivity (Wildman–Crippen MR) is 79.1 cm³/mol. The second kappa shape index (κ2) is 12.0. The van der Waals surface area contributed by atoms with Gasteiger partial charge in [0, 0.05) is 12.6 Å². The lowest BCUT2D eigenvalue weighted by atomic mass is 10.1. The Morgan fingerprint density at radius 1 is 0.889 bits per heavy atom. The zero-order valence-electron chi connectivity index (χ0n) is 12.4. The normalized spacial score (nSPS) is 19.5. The summed E-state index contributed by atoms with van der Waals surface area (Å²) in [5.41, 5.74) is 0. The Balaban J connectivity index is 1.68. The quantitative estimate of drug-likeness (QED) is 0.525. The fourth-order valence-electron chi connectivity index (χ4n) is 2.61. The Hall–Kier alpha value is -0.0800. The van der Waals surface area contributed by atoms with Crippen molar-refractivity contribution in [1.82, 2.24) is 5.32 Å². The van der Waals surface area contributed by atoms with Crippen molar-refractivity contribution in [3.05, 3.63) is 0 Å². The van der Waals surface area contributed by atoms with Crippen molar-refractivity contribution in [3.8, 4) is 0 Å². The maximum absolute atomic E-state index is 5.34. The Morgan fingerprint density at radius 2 is 1.50 bits per heavy atom. The van der Waals surface area contributed by atoms with Gasteiger partial charge in [0.1, 0.15) is 0 Å². The van der Waals surface area contributed by atoms with E-state index in [4.69, 9.17) is 4.74 Å². The van der Waals surface area contributed by atoms with E-state index in [1.165, 1.54) is 77.2 Å². The lowest BCUT2D eigenvalue weighted by Crippen LogP contribution is -2.29. The van der Waals surface area contributed by atoms with Crippen LogP contribution in [0.1, 0.15) is 77.6 Å². The molecule has 0 bridgehead atoms. The van der Waals surface area contributed by atoms with Crippen LogP contribution in [0.5, 0.6) is 0 Å². The van der Waals surface area contributed by atoms with Gasteiger partial charge in [0.2, 0.25) is 0 Å². The summed E-state index contributed by atoms with van der Waals surface area (Å²) in [5, 5.41) is 3.58. The van der Waals surface area contributed by atoms with Gasteiger partial charge in [-0.15, -0.1) is 0 Å². The van der Waals surface area contributed by atoms with Crippen LogP contribution in [0.15, 0.2) is 0 Å². The molecule has 0 saturated carbocycles. The average Bonchev–Trinajstić information content (AvgIpc) is 2.89. The van der Waals surface area contributed by atoms with Crippen molar-refractivity contribution < 1.29 is 4.74 Å². The Morgan fingerprint density at radius 3 is 2.06 bits per heavy atom. The van der Waals surface area contributed by atoms with Gasteiger partial charge in [-0.05, 0) is 19.4 Å². The molecule has 0 aromatic carbocycles. The van der Waals surface area contributed by atoms with Crippen LogP contribution in [0.2, 0.25) is 0 Å². The first-order valence-corrected chi connectivity index (χ1v) is 8.24. The van der Waals surface area contributed by atoms with Crippen molar-refractivity contribution in [1.29, 1.82) is 0 Å². The topological polar surface area (TPSA) is 21.3 Å². The maximum Gasteiger partial charge on any atom is 0.0620 e. The summed E-state index contributed by atoms with van der Waals surface area (Å²) < 4.78 is 5.34. The summed E-state index contributed by atoms with van der Waals surface area (Å²) in [5.74, 6) is 0. The van der Waals surface area contributed by atoms with Crippen molar-refractivity contribution in [2.45, 2.75) is 83.6 Å². The standard InChI is InChI=1S/C16H33NO/c1-2-3-4-5-6-7-8-9-10-11-13-17-16-12-14-18-15-16/h16-17H,2-15H2,1H3. The van der Waals surface area contributed by atoms with Crippen LogP contribution in [0.25, 0.3) is 0 Å². The third kappa shape index (κ3) is 8.93. The molecule has 108 valence electrons. The fourth-order valence-corrected chi connectivity index (χ4v) is 2.61. The summed E-state index contributed by atoms with van der Waals surface area (Å²) in [6, 6.07) is 0.642. The molecular formula is C16H33NO. The van der Waals surface area contributed by atoms with Gasteiger partial charge in [-0.1, -0.05) is 64.7 Å². The summed E-state index contributed by atoms with van der Waals surface area (Å²) in [6.45, 7) is 5.35. The number of rotatable bonds is 12. The molecule has 18 heavy (non-hydrogen) atoms. The fraction of sp³-hybridized carbons (Fsp3) is 1.00. The van der Waals surface area contributed by atoms with Crippen LogP contribution in [-0.4, -0.2) is 25.8 Å². The van der Waals surface area contributed by atoms with Crippen LogP contribution >= 0.6 is 0 Å². The third-order valence-corrected chi connectivity index (χ3v) is 3.89. The van der Waals surface area contributed by atoms with E-state index < -0.39 is 0 Å². The first-order valence-electron chi connectivity index (χ1n) is 8.24. The average molecular weight is 255 g/mol. The van der Waals surface area contributed by atoms with E-state index in [-0.39, 0.29) is 0 Å². The highest BCUT2D eigenvalue weighted by atomic mass is 16.5. The number of unbranched alkanes of at least 4 members (excludes halogenated alkanes) is 9. The van der Waals surface area contributed by atoms with Crippen LogP contribution in [-0.2, 0) is 4.74 Å². The first kappa shape index (κ1) is 16.0. The van der Waals surface area contributed by atoms with Gasteiger partial charge < -0.3 is 10.1 Å². The van der Waals surface area contributed by atoms with Gasteiger partial charge in [-0.2, -0.15) is 0 Å². The smallest absolute Gasteiger partial charge is 0.0620 e. The molecule has 0 aromatic rings. The van der Waals surface area contributed by atoms with Gasteiger partial charge in [-0.25, -0.2) is 0 Å². The van der Waals surface area contributed by atoms with E-state index in [1.54, 1.807) is 0 Å². The molecule has 0 aliphatic carbocycles. The summed E-state index contributed by atoms with van der Waals surface area (Å²) >= 11 is 0. The highest BCUT2D eigenvalue weighted by Gasteiger charge is 2.13. The Bertz CT molecular complexity index is 166. The zero-order valence-corrected chi connectivity index (χ0v) is 12.4. The van der Waals surface area contributed by atoms with E-state index in [0.29, 0.717) is 6.04 Å². The van der Waals surface area contributed by atoms with Crippen molar-refractivity contribution in [3.63, 3.8) is 0 Å². The number of hydrogen-bond acceptors (Lipinski definition) is 2. The Kier molecular flexibility index (Phi) is 10.6. The second-order valence-corrected chi connectivity index (χ2v) is 5.70. The van der Waals surface area contributed by atoms with Crippen LogP contribution in [0, 0.1) is 0 Å². The minimum Gasteiger partial charge on any atom is -0.380 e. The molecule has 1 N–H and O–H groups in total. The molecule has 1 heterocycles. The SMILES string of the molecule is CCCCCCCCCCCCNC1CCOC1. The summed E-state index contributed by atoms with van der Waals surface area (Å²) in [4.78, 5) is 0. The van der Waals surface area contributed by atoms with Gasteiger partial charge in [0.15, 0.2) is 0 Å². The molecule has 0 aromatic heterocycles. The maximum atomic E-state index is 5.34. The molecular weight excluding hydrogens is 222 g/mol. The minimum atomic E-state index is 0.642. The summed E-state index contributed by atoms with van der Waals surface area (Å²) in [7, 11) is 0. The first-order chi connectivity index (χ1) is 8.93. The van der Waals surface area contributed by atoms with Gasteiger partial charge in [-0.3, -0.25) is 0 Å². The Labute approximate surface area is 114 Å². The van der Waals surface area contributed by atoms with Crippen molar-refractivity contribution in [2.75, 3.05) is 19.8 Å². The lowest BCUT2D eigenvalue weighted by molar-refractivity contribution is 0.190. The van der Waals surface area contributed by atoms with E-state index in [0.717, 1.165) is 13.2 Å². The van der Waals surface area contributed by atoms with Crippen LogP contribution < -0.4 is 5.32 Å². The zero-order chi connectivity index (χ0) is 12.9. The molecule has 2 nitrogen and oxygen atoms in total. The molecule has 1 rings (SSSR count). The monoisotopic (exact) mass is 255 g/mol. The lowest BCUT2D eigenvalue weighted by Gasteiger charge is -2.09. The predicted octanol–water partition coefficient (Wildman–Crippen LogP) is 4.29. The van der Waals surface area contributed by atoms with Gasteiger partial charge in [0.05, 0.1) is 6.61 Å². The van der Waals surface area contributed by atoms with Gasteiger partial charge in [0.25, 0.3) is 0 Å². The van der Waals surface area contributed by atoms with E-state index in [2.05, 4.69) is 12.2 Å². The van der Waals surface area contributed by atoms with E-state index in [9.17, 15) is 0 Å². The number of ether oxygens (including phenoxy) is 1. The third-order valence-electron chi connectivity index (χ3n) is 3.89. The van der Waals surface area contributed by atoms with Crippen molar-refractivity contribution >= 4 is 0 Å². The second-order valence-electron chi connectivity index (χ2n) is 5.70. The highest BCUT2D eigenvalue weighted by molar-refractivity contribution is 4.70. The largest absolute Gasteiger partial charge is 0.380 e. The molecule has 0 radical (unpaired) electrons. The minimum absolute atomic E-state index is 0.642. The molecule has 1 fully saturated rings. The van der Waals surface area contributed by atoms with E-state index in [1.807, 2.05) is 0 Å². The van der Waals surface area contributed by atoms with Crippen molar-refractivity contribution in [2.24, 2.45) is 0 Å². The molecule has 1 aliphatic rings. The molecule has 1 saturated heterocycles. The molecule has 1 atom stereocenters. The van der Waals surface area contributed by atoms with Crippen LogP contribution in [0.3, 0.4) is 0 Å². The molecule has 2 heteroatoms. The molecule has 1 aliphatic heterocycles. The molecule has 0 spiro atoms. The number of nitrogens with one attached hydrogen (secondary N) is 1.